The molecule has 0 unspecified atom stereocenters. The lowest BCUT2D eigenvalue weighted by molar-refractivity contribution is -0.122. The van der Waals surface area contributed by atoms with Gasteiger partial charge in [0.25, 0.3) is 0 Å². The predicted octanol–water partition coefficient (Wildman–Crippen LogP) is 1.79. The number of ether oxygens (including phenoxy) is 1. The molecule has 2 N–H and O–H groups in total. The molecule has 22 heavy (non-hydrogen) atoms. The number of benzene rings is 1. The second kappa shape index (κ2) is 7.80. The summed E-state index contributed by atoms with van der Waals surface area (Å²) in [7, 11) is -2.57. The van der Waals surface area contributed by atoms with Gasteiger partial charge in [-0.05, 0) is 31.0 Å². The van der Waals surface area contributed by atoms with Crippen molar-refractivity contribution in [2.75, 3.05) is 13.7 Å². The minimum Gasteiger partial charge on any atom is -0.495 e. The fourth-order valence-electron chi connectivity index (χ4n) is 1.67. The van der Waals surface area contributed by atoms with Gasteiger partial charge in [-0.2, -0.15) is 4.72 Å². The van der Waals surface area contributed by atoms with Gasteiger partial charge in [0.05, 0.1) is 13.2 Å². The zero-order valence-electron chi connectivity index (χ0n) is 13.0. The topological polar surface area (TPSA) is 84.5 Å². The van der Waals surface area contributed by atoms with E-state index in [1.54, 1.807) is 0 Å². The zero-order valence-corrected chi connectivity index (χ0v) is 14.6. The summed E-state index contributed by atoms with van der Waals surface area (Å²) in [5.41, 5.74) is 0. The van der Waals surface area contributed by atoms with Crippen LogP contribution in [0.15, 0.2) is 23.1 Å². The van der Waals surface area contributed by atoms with Gasteiger partial charge < -0.3 is 10.1 Å². The number of methoxy groups -OCH3 is 1. The fourth-order valence-corrected chi connectivity index (χ4v) is 3.30. The molecule has 0 spiro atoms. The summed E-state index contributed by atoms with van der Waals surface area (Å²) in [6.45, 7) is 5.85. The molecule has 0 aromatic heterocycles. The summed E-state index contributed by atoms with van der Waals surface area (Å²) in [6.07, 6.45) is 0. The Kier molecular flexibility index (Phi) is 6.65. The second-order valence-corrected chi connectivity index (χ2v) is 7.40. The van der Waals surface area contributed by atoms with Crippen molar-refractivity contribution in [2.45, 2.75) is 31.7 Å². The monoisotopic (exact) mass is 348 g/mol. The van der Waals surface area contributed by atoms with Gasteiger partial charge in [0, 0.05) is 11.6 Å². The molecule has 1 rings (SSSR count). The van der Waals surface area contributed by atoms with E-state index in [9.17, 15) is 13.2 Å². The molecule has 0 aliphatic heterocycles. The minimum atomic E-state index is -3.93. The Morgan fingerprint density at radius 1 is 1.32 bits per heavy atom. The van der Waals surface area contributed by atoms with Crippen molar-refractivity contribution in [3.05, 3.63) is 23.2 Å². The van der Waals surface area contributed by atoms with E-state index in [2.05, 4.69) is 10.0 Å². The summed E-state index contributed by atoms with van der Waals surface area (Å²) in [6, 6.07) is 3.35. The first-order valence-corrected chi connectivity index (χ1v) is 8.67. The fraction of sp³-hybridized carbons (Fsp3) is 0.500. The van der Waals surface area contributed by atoms with Gasteiger partial charge in [-0.15, -0.1) is 0 Å². The average molecular weight is 349 g/mol. The Bertz CT molecular complexity index is 632. The van der Waals surface area contributed by atoms with E-state index in [0.717, 1.165) is 0 Å². The molecule has 0 heterocycles. The van der Waals surface area contributed by atoms with E-state index in [0.29, 0.717) is 6.54 Å². The van der Waals surface area contributed by atoms with Gasteiger partial charge in [-0.1, -0.05) is 25.4 Å². The maximum absolute atomic E-state index is 12.4. The Balaban J connectivity index is 2.92. The number of rotatable bonds is 7. The van der Waals surface area contributed by atoms with Gasteiger partial charge in [-0.25, -0.2) is 8.42 Å². The summed E-state index contributed by atoms with van der Waals surface area (Å²) < 4.78 is 32.1. The van der Waals surface area contributed by atoms with Crippen LogP contribution in [-0.2, 0) is 14.8 Å². The molecule has 1 aromatic carbocycles. The molecular formula is C14H21ClN2O4S. The Hall–Kier alpha value is -1.31. The van der Waals surface area contributed by atoms with Crippen LogP contribution < -0.4 is 14.8 Å². The highest BCUT2D eigenvalue weighted by Gasteiger charge is 2.25. The molecule has 0 saturated heterocycles. The van der Waals surface area contributed by atoms with E-state index in [4.69, 9.17) is 16.3 Å². The number of sulfonamides is 1. The zero-order chi connectivity index (χ0) is 16.9. The summed E-state index contributed by atoms with van der Waals surface area (Å²) in [5, 5.41) is 2.93. The van der Waals surface area contributed by atoms with Crippen LogP contribution in [0.25, 0.3) is 0 Å². The SMILES string of the molecule is COc1ccc(Cl)cc1S(=O)(=O)N[C@@H](C)C(=O)NCC(C)C. The minimum absolute atomic E-state index is 0.106. The van der Waals surface area contributed by atoms with Gasteiger partial charge in [-0.3, -0.25) is 4.79 Å². The molecule has 0 aliphatic carbocycles. The van der Waals surface area contributed by atoms with Gasteiger partial charge in [0.15, 0.2) is 0 Å². The lowest BCUT2D eigenvalue weighted by Crippen LogP contribution is -2.45. The number of amides is 1. The first-order valence-electron chi connectivity index (χ1n) is 6.81. The van der Waals surface area contributed by atoms with Crippen molar-refractivity contribution >= 4 is 27.5 Å². The van der Waals surface area contributed by atoms with E-state index >= 15 is 0 Å². The van der Waals surface area contributed by atoms with Crippen LogP contribution in [0.1, 0.15) is 20.8 Å². The van der Waals surface area contributed by atoms with Crippen LogP contribution in [0.5, 0.6) is 5.75 Å². The Labute approximate surface area is 136 Å². The van der Waals surface area contributed by atoms with E-state index in [-0.39, 0.29) is 21.6 Å². The summed E-state index contributed by atoms with van der Waals surface area (Å²) >= 11 is 5.84. The summed E-state index contributed by atoms with van der Waals surface area (Å²) in [5.74, 6) is 0.0470. The van der Waals surface area contributed by atoms with Crippen molar-refractivity contribution in [3.63, 3.8) is 0 Å². The van der Waals surface area contributed by atoms with Gasteiger partial charge in [0.1, 0.15) is 10.6 Å². The van der Waals surface area contributed by atoms with E-state index in [1.165, 1.54) is 32.2 Å². The third kappa shape index (κ3) is 5.15. The molecule has 8 heteroatoms. The van der Waals surface area contributed by atoms with Crippen molar-refractivity contribution in [1.82, 2.24) is 10.0 Å². The number of carbonyl (C=O) groups is 1. The van der Waals surface area contributed by atoms with Crippen molar-refractivity contribution in [2.24, 2.45) is 5.92 Å². The van der Waals surface area contributed by atoms with E-state index < -0.39 is 22.0 Å². The average Bonchev–Trinajstić information content (AvgIpc) is 2.44. The standard InChI is InChI=1S/C14H21ClN2O4S/c1-9(2)8-16-14(18)10(3)17-22(19,20)13-7-11(15)5-6-12(13)21-4/h5-7,9-10,17H,8H2,1-4H3,(H,16,18)/t10-/m0/s1. The van der Waals surface area contributed by atoms with Gasteiger partial charge in [0.2, 0.25) is 15.9 Å². The third-order valence-electron chi connectivity index (χ3n) is 2.82. The largest absolute Gasteiger partial charge is 0.495 e. The maximum atomic E-state index is 12.4. The van der Waals surface area contributed by atoms with Crippen LogP contribution in [0, 0.1) is 5.92 Å². The number of hydrogen-bond donors (Lipinski definition) is 2. The molecule has 0 fully saturated rings. The quantitative estimate of drug-likeness (QED) is 0.786. The number of halogens is 1. The van der Waals surface area contributed by atoms with Crippen LogP contribution in [0.3, 0.4) is 0 Å². The second-order valence-electron chi connectivity index (χ2n) is 5.28. The number of hydrogen-bond acceptors (Lipinski definition) is 4. The van der Waals surface area contributed by atoms with Crippen molar-refractivity contribution in [3.8, 4) is 5.75 Å². The molecule has 0 radical (unpaired) electrons. The maximum Gasteiger partial charge on any atom is 0.245 e. The molecule has 1 amide bonds. The van der Waals surface area contributed by atoms with Crippen molar-refractivity contribution < 1.29 is 17.9 Å². The normalized spacial score (nSPS) is 13.0. The number of carbonyl (C=O) groups excluding carboxylic acids is 1. The van der Waals surface area contributed by atoms with Crippen LogP contribution in [0.4, 0.5) is 0 Å². The van der Waals surface area contributed by atoms with Crippen LogP contribution in [0.2, 0.25) is 5.02 Å². The molecule has 6 nitrogen and oxygen atoms in total. The molecular weight excluding hydrogens is 328 g/mol. The molecule has 0 bridgehead atoms. The predicted molar refractivity (Wildman–Crippen MR) is 85.6 cm³/mol. The molecule has 1 atom stereocenters. The lowest BCUT2D eigenvalue weighted by Gasteiger charge is -2.16. The van der Waals surface area contributed by atoms with Crippen LogP contribution >= 0.6 is 11.6 Å². The first-order chi connectivity index (χ1) is 10.2. The molecule has 0 aliphatic rings. The highest BCUT2D eigenvalue weighted by atomic mass is 35.5. The molecule has 1 aromatic rings. The van der Waals surface area contributed by atoms with E-state index in [1.807, 2.05) is 13.8 Å². The number of nitrogens with one attached hydrogen (secondary N) is 2. The smallest absolute Gasteiger partial charge is 0.245 e. The third-order valence-corrected chi connectivity index (χ3v) is 4.62. The first kappa shape index (κ1) is 18.7. The molecule has 0 saturated carbocycles. The van der Waals surface area contributed by atoms with Crippen molar-refractivity contribution in [1.29, 1.82) is 0 Å². The Morgan fingerprint density at radius 3 is 2.50 bits per heavy atom. The summed E-state index contributed by atoms with van der Waals surface area (Å²) in [4.78, 5) is 11.8. The molecule has 124 valence electrons. The van der Waals surface area contributed by atoms with Gasteiger partial charge >= 0.3 is 0 Å². The Morgan fingerprint density at radius 2 is 1.95 bits per heavy atom. The lowest BCUT2D eigenvalue weighted by atomic mass is 10.2. The highest BCUT2D eigenvalue weighted by Crippen LogP contribution is 2.26. The highest BCUT2D eigenvalue weighted by molar-refractivity contribution is 7.89. The van der Waals surface area contributed by atoms with Crippen LogP contribution in [-0.4, -0.2) is 34.0 Å².